The fourth-order valence-electron chi connectivity index (χ4n) is 1.88. The molecule has 0 atom stereocenters. The van der Waals surface area contributed by atoms with Crippen molar-refractivity contribution in [3.63, 3.8) is 0 Å². The van der Waals surface area contributed by atoms with E-state index in [9.17, 15) is 4.79 Å². The molecule has 0 spiro atoms. The third kappa shape index (κ3) is 2.29. The molecule has 0 aliphatic rings. The first kappa shape index (κ1) is 12.1. The maximum Gasteiger partial charge on any atom is 0.354 e. The van der Waals surface area contributed by atoms with Gasteiger partial charge in [-0.05, 0) is 30.3 Å². The van der Waals surface area contributed by atoms with E-state index in [-0.39, 0.29) is 5.69 Å². The number of carboxylic acid groups (broad SMARTS) is 1. The molecule has 1 aromatic carbocycles. The number of benzene rings is 1. The smallest absolute Gasteiger partial charge is 0.354 e. The lowest BCUT2D eigenvalue weighted by Crippen LogP contribution is -1.99. The number of nitrogens with zero attached hydrogens (tertiary/aromatic N) is 2. The van der Waals surface area contributed by atoms with Crippen LogP contribution in [0.25, 0.3) is 10.9 Å². The van der Waals surface area contributed by atoms with Crippen molar-refractivity contribution < 1.29 is 14.6 Å². The lowest BCUT2D eigenvalue weighted by Gasteiger charge is -2.08. The Morgan fingerprint density at radius 3 is 2.80 bits per heavy atom. The second kappa shape index (κ2) is 4.97. The largest absolute Gasteiger partial charge is 0.477 e. The quantitative estimate of drug-likeness (QED) is 0.788. The van der Waals surface area contributed by atoms with Gasteiger partial charge in [0.2, 0.25) is 0 Å². The molecular formula is C15H10N2O3. The standard InChI is InChI=1S/C15H10N2O3/c18-15(19)13-9-10(6-8-17-13)20-14-5-1-4-12-11(14)3-2-7-16-12/h1-9H,(H,18,19). The van der Waals surface area contributed by atoms with Gasteiger partial charge < -0.3 is 9.84 Å². The third-order valence-corrected chi connectivity index (χ3v) is 2.78. The Balaban J connectivity index is 2.01. The minimum atomic E-state index is -1.09. The average molecular weight is 266 g/mol. The summed E-state index contributed by atoms with van der Waals surface area (Å²) in [4.78, 5) is 18.9. The first-order chi connectivity index (χ1) is 9.74. The van der Waals surface area contributed by atoms with E-state index in [2.05, 4.69) is 9.97 Å². The van der Waals surface area contributed by atoms with E-state index in [1.165, 1.54) is 12.3 Å². The van der Waals surface area contributed by atoms with Crippen LogP contribution in [0.5, 0.6) is 11.5 Å². The zero-order valence-electron chi connectivity index (χ0n) is 10.4. The summed E-state index contributed by atoms with van der Waals surface area (Å²) in [7, 11) is 0. The second-order valence-corrected chi connectivity index (χ2v) is 4.11. The van der Waals surface area contributed by atoms with Gasteiger partial charge in [0.25, 0.3) is 0 Å². The van der Waals surface area contributed by atoms with E-state index < -0.39 is 5.97 Å². The predicted molar refractivity (Wildman–Crippen MR) is 73.0 cm³/mol. The molecule has 0 saturated carbocycles. The summed E-state index contributed by atoms with van der Waals surface area (Å²) in [5.41, 5.74) is 0.762. The molecule has 0 fully saturated rings. The van der Waals surface area contributed by atoms with E-state index in [1.807, 2.05) is 30.3 Å². The van der Waals surface area contributed by atoms with E-state index in [0.717, 1.165) is 10.9 Å². The molecule has 3 rings (SSSR count). The third-order valence-electron chi connectivity index (χ3n) is 2.78. The van der Waals surface area contributed by atoms with Gasteiger partial charge >= 0.3 is 5.97 Å². The lowest BCUT2D eigenvalue weighted by molar-refractivity contribution is 0.0690. The van der Waals surface area contributed by atoms with Crippen LogP contribution in [-0.4, -0.2) is 21.0 Å². The number of carbonyl (C=O) groups is 1. The number of ether oxygens (including phenoxy) is 1. The van der Waals surface area contributed by atoms with Gasteiger partial charge in [0.15, 0.2) is 5.69 Å². The number of aromatic nitrogens is 2. The monoisotopic (exact) mass is 266 g/mol. The maximum absolute atomic E-state index is 10.9. The molecule has 0 radical (unpaired) electrons. The van der Waals surface area contributed by atoms with E-state index in [1.54, 1.807) is 12.3 Å². The normalized spacial score (nSPS) is 10.4. The molecule has 5 heteroatoms. The van der Waals surface area contributed by atoms with Crippen molar-refractivity contribution in [2.45, 2.75) is 0 Å². The molecule has 0 amide bonds. The van der Waals surface area contributed by atoms with Crippen LogP contribution in [-0.2, 0) is 0 Å². The summed E-state index contributed by atoms with van der Waals surface area (Å²) < 4.78 is 5.74. The molecule has 0 aliphatic carbocycles. The minimum absolute atomic E-state index is 0.0548. The highest BCUT2D eigenvalue weighted by Crippen LogP contribution is 2.28. The number of aromatic carboxylic acids is 1. The highest BCUT2D eigenvalue weighted by atomic mass is 16.5. The van der Waals surface area contributed by atoms with E-state index in [4.69, 9.17) is 9.84 Å². The molecule has 5 nitrogen and oxygen atoms in total. The first-order valence-corrected chi connectivity index (χ1v) is 5.95. The topological polar surface area (TPSA) is 72.3 Å². The van der Waals surface area contributed by atoms with Crippen LogP contribution in [0.2, 0.25) is 0 Å². The molecule has 0 unspecified atom stereocenters. The van der Waals surface area contributed by atoms with Crippen LogP contribution in [0.4, 0.5) is 0 Å². The zero-order valence-corrected chi connectivity index (χ0v) is 10.4. The molecule has 2 heterocycles. The fraction of sp³-hybridized carbons (Fsp3) is 0. The van der Waals surface area contributed by atoms with Crippen molar-refractivity contribution in [1.29, 1.82) is 0 Å². The van der Waals surface area contributed by atoms with Crippen molar-refractivity contribution in [2.75, 3.05) is 0 Å². The average Bonchev–Trinajstić information content (AvgIpc) is 2.48. The molecule has 0 bridgehead atoms. The number of pyridine rings is 2. The van der Waals surface area contributed by atoms with Crippen LogP contribution in [0.3, 0.4) is 0 Å². The summed E-state index contributed by atoms with van der Waals surface area (Å²) in [6.07, 6.45) is 3.11. The minimum Gasteiger partial charge on any atom is -0.477 e. The van der Waals surface area contributed by atoms with Gasteiger partial charge in [-0.25, -0.2) is 9.78 Å². The Kier molecular flexibility index (Phi) is 3.01. The summed E-state index contributed by atoms with van der Waals surface area (Å²) in [5.74, 6) is -0.0399. The maximum atomic E-state index is 10.9. The van der Waals surface area contributed by atoms with E-state index >= 15 is 0 Å². The SMILES string of the molecule is O=C(O)c1cc(Oc2cccc3ncccc23)ccn1. The first-order valence-electron chi connectivity index (χ1n) is 5.95. The van der Waals surface area contributed by atoms with Crippen LogP contribution in [0.15, 0.2) is 54.9 Å². The Morgan fingerprint density at radius 2 is 1.95 bits per heavy atom. The van der Waals surface area contributed by atoms with Crippen LogP contribution in [0.1, 0.15) is 10.5 Å². The second-order valence-electron chi connectivity index (χ2n) is 4.11. The van der Waals surface area contributed by atoms with Gasteiger partial charge in [0.1, 0.15) is 11.5 Å². The lowest BCUT2D eigenvalue weighted by atomic mass is 10.2. The van der Waals surface area contributed by atoms with E-state index in [0.29, 0.717) is 11.5 Å². The summed E-state index contributed by atoms with van der Waals surface area (Å²) in [6, 6.07) is 12.3. The van der Waals surface area contributed by atoms with Gasteiger partial charge in [0.05, 0.1) is 5.52 Å². The molecule has 2 aromatic heterocycles. The zero-order chi connectivity index (χ0) is 13.9. The molecular weight excluding hydrogens is 256 g/mol. The molecule has 98 valence electrons. The predicted octanol–water partition coefficient (Wildman–Crippen LogP) is 3.12. The summed E-state index contributed by atoms with van der Waals surface area (Å²) in [5, 5.41) is 9.78. The molecule has 3 aromatic rings. The van der Waals surface area contributed by atoms with Gasteiger partial charge in [-0.3, -0.25) is 4.98 Å². The Bertz CT molecular complexity index is 781. The van der Waals surface area contributed by atoms with Crippen molar-refractivity contribution in [3.05, 3.63) is 60.6 Å². The van der Waals surface area contributed by atoms with Crippen LogP contribution >= 0.6 is 0 Å². The number of hydrogen-bond acceptors (Lipinski definition) is 4. The van der Waals surface area contributed by atoms with Crippen LogP contribution in [0, 0.1) is 0 Å². The number of rotatable bonds is 3. The Labute approximate surface area is 114 Å². The van der Waals surface area contributed by atoms with Gasteiger partial charge in [-0.15, -0.1) is 0 Å². The molecule has 0 aliphatic heterocycles. The van der Waals surface area contributed by atoms with Crippen molar-refractivity contribution in [2.24, 2.45) is 0 Å². The van der Waals surface area contributed by atoms with Crippen molar-refractivity contribution in [1.82, 2.24) is 9.97 Å². The molecule has 20 heavy (non-hydrogen) atoms. The van der Waals surface area contributed by atoms with Crippen LogP contribution < -0.4 is 4.74 Å². The van der Waals surface area contributed by atoms with Crippen molar-refractivity contribution in [3.8, 4) is 11.5 Å². The van der Waals surface area contributed by atoms with Gasteiger partial charge in [0, 0.05) is 23.8 Å². The number of carboxylic acids is 1. The number of fused-ring (bicyclic) bond motifs is 1. The highest BCUT2D eigenvalue weighted by Gasteiger charge is 2.08. The summed E-state index contributed by atoms with van der Waals surface area (Å²) >= 11 is 0. The molecule has 0 saturated heterocycles. The summed E-state index contributed by atoms with van der Waals surface area (Å²) in [6.45, 7) is 0. The van der Waals surface area contributed by atoms with Gasteiger partial charge in [-0.1, -0.05) is 6.07 Å². The Morgan fingerprint density at radius 1 is 1.05 bits per heavy atom. The van der Waals surface area contributed by atoms with Gasteiger partial charge in [-0.2, -0.15) is 0 Å². The Hall–Kier alpha value is -2.95. The van der Waals surface area contributed by atoms with Crippen molar-refractivity contribution >= 4 is 16.9 Å². The molecule has 1 N–H and O–H groups in total. The number of hydrogen-bond donors (Lipinski definition) is 1. The fourth-order valence-corrected chi connectivity index (χ4v) is 1.88. The highest BCUT2D eigenvalue weighted by molar-refractivity contribution is 5.86.